The molecule has 3 fully saturated rings. The zero-order valence-electron chi connectivity index (χ0n) is 33.0. The number of rotatable bonds is 3. The van der Waals surface area contributed by atoms with Crippen molar-refractivity contribution in [1.82, 2.24) is 14.8 Å². The van der Waals surface area contributed by atoms with Crippen LogP contribution in [0.3, 0.4) is 0 Å². The maximum atomic E-state index is 12.5. The first kappa shape index (κ1) is 39.3. The summed E-state index contributed by atoms with van der Waals surface area (Å²) < 4.78 is 0. The maximum Gasteiger partial charge on any atom is 0.373 e. The molecule has 3 aromatic rings. The number of aliphatic hydroxyl groups is 3. The summed E-state index contributed by atoms with van der Waals surface area (Å²) >= 11 is 0. The van der Waals surface area contributed by atoms with Gasteiger partial charge in [0.1, 0.15) is 5.60 Å². The monoisotopic (exact) mass is 752 g/mol. The number of benzene rings is 2. The summed E-state index contributed by atoms with van der Waals surface area (Å²) in [6, 6.07) is 13.7. The second-order valence-corrected chi connectivity index (χ2v) is 17.7. The summed E-state index contributed by atoms with van der Waals surface area (Å²) in [5.74, 6) is 0.353. The summed E-state index contributed by atoms with van der Waals surface area (Å²) in [5.41, 5.74) is 6.00. The van der Waals surface area contributed by atoms with Crippen LogP contribution in [0.15, 0.2) is 48.6 Å². The van der Waals surface area contributed by atoms with Crippen LogP contribution < -0.4 is 4.90 Å². The number of carbonyl (C=O) groups excluding carboxylic acids is 4. The quantitative estimate of drug-likeness (QED) is 0.286. The molecule has 0 amide bonds. The van der Waals surface area contributed by atoms with E-state index in [9.17, 15) is 15.3 Å². The van der Waals surface area contributed by atoms with Gasteiger partial charge in [-0.2, -0.15) is 19.2 Å². The lowest BCUT2D eigenvalue weighted by atomic mass is 9.48. The number of H-pyrrole nitrogens is 1. The van der Waals surface area contributed by atoms with E-state index in [0.717, 1.165) is 71.2 Å². The molecule has 55 heavy (non-hydrogen) atoms. The number of para-hydroxylation sites is 1. The first-order chi connectivity index (χ1) is 26.2. The summed E-state index contributed by atoms with van der Waals surface area (Å²) in [7, 11) is 2.15. The lowest BCUT2D eigenvalue weighted by molar-refractivity contribution is -0.193. The van der Waals surface area contributed by atoms with Crippen LogP contribution in [0, 0.1) is 18.3 Å². The molecule has 1 aliphatic carbocycles. The van der Waals surface area contributed by atoms with Gasteiger partial charge in [0.2, 0.25) is 0 Å². The van der Waals surface area contributed by atoms with Gasteiger partial charge in [-0.25, -0.2) is 0 Å². The Morgan fingerprint density at radius 1 is 0.945 bits per heavy atom. The molecule has 1 spiro atoms. The fourth-order valence-corrected chi connectivity index (χ4v) is 13.1. The summed E-state index contributed by atoms with van der Waals surface area (Å²) in [5, 5.41) is 37.8. The standard InChI is InChI=1S/C42H56N4O3.2CO2/c1-7-40(49)23-27-22-38(4,34-29(14-18-45(24-27)25-40)28-12-9-10-13-32(28)43-34)30-21-31-33(20-26(30)3)44(6)35-39(5,48)37(47)41(8-2)15-11-17-46-19-16-42(31,35)36(41)46;2*2-1-3/h9-13,15,20-21,27,35-37,43,47-49H,7-8,14,16-19,22-25H2,1-6H3;;/t27?,35?,36?,37-,38+,39-,40?,41+,42-;;/m0../s1. The SMILES string of the molecule is CCC1(O)CC2CN(CCc3c([nH]c4ccccc34)[C@@](C)(c3cc4c(cc3C)N(C)C3[C@]45CCN4CC=C[C@](CC)(C45)[C@@H](O)[C@@]3(C)O)C2)C1.O=C=O.O=C=O. The first-order valence-corrected chi connectivity index (χ1v) is 19.9. The van der Waals surface area contributed by atoms with Crippen LogP contribution in [-0.4, -0.2) is 112 Å². The third-order valence-electron chi connectivity index (χ3n) is 15.0. The van der Waals surface area contributed by atoms with Crippen molar-refractivity contribution < 1.29 is 34.5 Å². The highest BCUT2D eigenvalue weighted by Crippen LogP contribution is 2.67. The minimum absolute atomic E-state index is 0.109. The average Bonchev–Trinajstić information content (AvgIpc) is 3.81. The van der Waals surface area contributed by atoms with Crippen molar-refractivity contribution in [3.63, 3.8) is 0 Å². The second kappa shape index (κ2) is 13.9. The third-order valence-corrected chi connectivity index (χ3v) is 15.0. The number of hydrogen-bond donors (Lipinski definition) is 4. The normalized spacial score (nSPS) is 38.3. The number of likely N-dealkylation sites (N-methyl/N-ethyl adjacent to an activating group) is 1. The van der Waals surface area contributed by atoms with Gasteiger partial charge in [0.25, 0.3) is 0 Å². The summed E-state index contributed by atoms with van der Waals surface area (Å²) in [6.45, 7) is 15.6. The molecule has 11 nitrogen and oxygen atoms in total. The van der Waals surface area contributed by atoms with Crippen molar-refractivity contribution in [3.8, 4) is 0 Å². The Kier molecular flexibility index (Phi) is 9.95. The smallest absolute Gasteiger partial charge is 0.373 e. The van der Waals surface area contributed by atoms with Gasteiger partial charge in [-0.15, -0.1) is 0 Å². The summed E-state index contributed by atoms with van der Waals surface area (Å²) in [4.78, 5) is 44.0. The molecule has 11 heteroatoms. The highest BCUT2D eigenvalue weighted by Gasteiger charge is 2.75. The van der Waals surface area contributed by atoms with Gasteiger partial charge >= 0.3 is 12.3 Å². The average molecular weight is 753 g/mol. The van der Waals surface area contributed by atoms with Crippen molar-refractivity contribution in [1.29, 1.82) is 0 Å². The lowest BCUT2D eigenvalue weighted by Crippen LogP contribution is -2.77. The molecular formula is C44H56N4O7. The van der Waals surface area contributed by atoms with Crippen LogP contribution in [0.5, 0.6) is 0 Å². The molecule has 5 aliphatic heterocycles. The van der Waals surface area contributed by atoms with Gasteiger partial charge < -0.3 is 25.2 Å². The van der Waals surface area contributed by atoms with Crippen molar-refractivity contribution in [2.24, 2.45) is 11.3 Å². The Hall–Kier alpha value is -3.92. The molecule has 4 N–H and O–H groups in total. The van der Waals surface area contributed by atoms with Gasteiger partial charge in [0.15, 0.2) is 0 Å². The third kappa shape index (κ3) is 5.58. The Morgan fingerprint density at radius 2 is 1.65 bits per heavy atom. The lowest BCUT2D eigenvalue weighted by Gasteiger charge is -2.63. The van der Waals surface area contributed by atoms with Crippen LogP contribution in [0.25, 0.3) is 10.9 Å². The van der Waals surface area contributed by atoms with Crippen LogP contribution in [-0.2, 0) is 36.4 Å². The van der Waals surface area contributed by atoms with E-state index in [-0.39, 0.29) is 35.2 Å². The fourth-order valence-electron chi connectivity index (χ4n) is 13.1. The summed E-state index contributed by atoms with van der Waals surface area (Å²) in [6.07, 6.45) is 9.38. The molecule has 1 saturated carbocycles. The van der Waals surface area contributed by atoms with E-state index < -0.39 is 22.7 Å². The molecule has 10 atom stereocenters. The van der Waals surface area contributed by atoms with Gasteiger partial charge in [0.05, 0.1) is 17.7 Å². The molecule has 5 unspecified atom stereocenters. The Bertz CT molecular complexity index is 2050. The Labute approximate surface area is 323 Å². The molecule has 2 bridgehead atoms. The van der Waals surface area contributed by atoms with E-state index in [4.69, 9.17) is 19.2 Å². The number of aliphatic hydroxyl groups excluding tert-OH is 1. The molecule has 2 saturated heterocycles. The van der Waals surface area contributed by atoms with Crippen LogP contribution in [0.2, 0.25) is 0 Å². The van der Waals surface area contributed by atoms with Crippen molar-refractivity contribution >= 4 is 28.9 Å². The highest BCUT2D eigenvalue weighted by molar-refractivity contribution is 5.85. The first-order valence-electron chi connectivity index (χ1n) is 19.9. The van der Waals surface area contributed by atoms with Crippen LogP contribution in [0.1, 0.15) is 87.7 Å². The topological polar surface area (TPSA) is 154 Å². The molecule has 6 aliphatic rings. The van der Waals surface area contributed by atoms with Crippen LogP contribution in [0.4, 0.5) is 5.69 Å². The zero-order valence-corrected chi connectivity index (χ0v) is 33.0. The van der Waals surface area contributed by atoms with E-state index >= 15 is 0 Å². The maximum absolute atomic E-state index is 12.5. The van der Waals surface area contributed by atoms with Crippen LogP contribution >= 0.6 is 0 Å². The number of hydrogen-bond acceptors (Lipinski definition) is 10. The second-order valence-electron chi connectivity index (χ2n) is 17.7. The molecule has 0 radical (unpaired) electrons. The predicted octanol–water partition coefficient (Wildman–Crippen LogP) is 4.25. The van der Waals surface area contributed by atoms with Gasteiger partial charge in [-0.05, 0) is 106 Å². The number of anilines is 1. The Morgan fingerprint density at radius 3 is 2.35 bits per heavy atom. The van der Waals surface area contributed by atoms with Gasteiger partial charge in [-0.1, -0.05) is 50.3 Å². The van der Waals surface area contributed by atoms with E-state index in [1.54, 1.807) is 0 Å². The number of nitrogens with zero attached hydrogens (tertiary/aromatic N) is 3. The molecular weight excluding hydrogens is 697 g/mol. The zero-order chi connectivity index (χ0) is 39.7. The molecule has 6 heterocycles. The number of aryl methyl sites for hydroxylation is 1. The van der Waals surface area contributed by atoms with E-state index in [2.05, 4.69) is 103 Å². The van der Waals surface area contributed by atoms with E-state index in [1.165, 1.54) is 44.5 Å². The van der Waals surface area contributed by atoms with Crippen molar-refractivity contribution in [3.05, 3.63) is 76.5 Å². The fraction of sp³-hybridized carbons (Fsp3) is 0.591. The minimum atomic E-state index is -1.30. The number of aromatic amines is 1. The van der Waals surface area contributed by atoms with Gasteiger partial charge in [-0.3, -0.25) is 9.80 Å². The number of piperidine rings is 1. The van der Waals surface area contributed by atoms with Crippen molar-refractivity contribution in [2.75, 3.05) is 44.7 Å². The van der Waals surface area contributed by atoms with Gasteiger partial charge in [0, 0.05) is 77.8 Å². The number of aromatic nitrogens is 1. The van der Waals surface area contributed by atoms with E-state index in [1.807, 2.05) is 6.92 Å². The highest BCUT2D eigenvalue weighted by atomic mass is 16.3. The largest absolute Gasteiger partial charge is 0.389 e. The molecule has 1 aromatic heterocycles. The molecule has 294 valence electrons. The number of fused-ring (bicyclic) bond motifs is 6. The van der Waals surface area contributed by atoms with Crippen molar-refractivity contribution in [2.45, 2.75) is 113 Å². The molecule has 9 rings (SSSR count). The number of nitrogens with one attached hydrogen (secondary N) is 1. The predicted molar refractivity (Wildman–Crippen MR) is 206 cm³/mol. The minimum Gasteiger partial charge on any atom is -0.389 e. The Balaban J connectivity index is 0.000000730. The van der Waals surface area contributed by atoms with E-state index in [0.29, 0.717) is 5.92 Å². The molecule has 2 aromatic carbocycles.